The Bertz CT molecular complexity index is 1100. The summed E-state index contributed by atoms with van der Waals surface area (Å²) in [4.78, 5) is 36.9. The number of rotatable bonds is 7. The van der Waals surface area contributed by atoms with Crippen molar-refractivity contribution < 1.29 is 14.3 Å². The van der Waals surface area contributed by atoms with Crippen LogP contribution in [0, 0.1) is 13.8 Å². The van der Waals surface area contributed by atoms with Crippen LogP contribution in [0.15, 0.2) is 48.5 Å². The number of hydrogen-bond donors (Lipinski definition) is 3. The summed E-state index contributed by atoms with van der Waals surface area (Å²) < 4.78 is 5.24. The zero-order valence-electron chi connectivity index (χ0n) is 17.5. The molecule has 9 nitrogen and oxygen atoms in total. The van der Waals surface area contributed by atoms with Gasteiger partial charge in [-0.1, -0.05) is 35.9 Å². The molecule has 0 aliphatic heterocycles. The predicted molar refractivity (Wildman–Crippen MR) is 117 cm³/mol. The van der Waals surface area contributed by atoms with Crippen molar-refractivity contribution >= 4 is 29.5 Å². The Morgan fingerprint density at radius 3 is 2.58 bits per heavy atom. The van der Waals surface area contributed by atoms with E-state index in [-0.39, 0.29) is 30.2 Å². The number of amides is 1. The Hall–Kier alpha value is -4.01. The zero-order chi connectivity index (χ0) is 22.4. The van der Waals surface area contributed by atoms with Crippen molar-refractivity contribution in [1.82, 2.24) is 20.3 Å². The number of nitrogens with one attached hydrogen (secondary N) is 2. The van der Waals surface area contributed by atoms with Crippen LogP contribution in [0.2, 0.25) is 0 Å². The van der Waals surface area contributed by atoms with Crippen LogP contribution in [0.4, 0.5) is 17.6 Å². The number of nitrogens with zero attached hydrogens (tertiary/aromatic N) is 3. The molecular weight excluding hydrogens is 396 g/mol. The van der Waals surface area contributed by atoms with Gasteiger partial charge in [0.2, 0.25) is 11.9 Å². The molecule has 160 valence electrons. The summed E-state index contributed by atoms with van der Waals surface area (Å²) in [6.45, 7) is 5.17. The van der Waals surface area contributed by atoms with E-state index in [9.17, 15) is 9.59 Å². The molecule has 0 aliphatic rings. The lowest BCUT2D eigenvalue weighted by molar-refractivity contribution is -0.147. The monoisotopic (exact) mass is 420 g/mol. The number of aromatic nitrogens is 3. The number of aryl methyl sites for hydroxylation is 2. The molecule has 2 aromatic carbocycles. The van der Waals surface area contributed by atoms with Gasteiger partial charge in [-0.3, -0.25) is 4.79 Å². The number of carbonyl (C=O) groups is 2. The SMILES string of the molecule is Cc1cccc(C(=O)N[C@H](C)C(=O)OCc2nc(N)nc(Nc3ccccc3C)n2)c1. The van der Waals surface area contributed by atoms with Gasteiger partial charge in [-0.15, -0.1) is 0 Å². The van der Waals surface area contributed by atoms with E-state index in [1.165, 1.54) is 0 Å². The van der Waals surface area contributed by atoms with E-state index in [0.29, 0.717) is 5.56 Å². The Balaban J connectivity index is 1.60. The van der Waals surface area contributed by atoms with Crippen LogP contribution < -0.4 is 16.4 Å². The van der Waals surface area contributed by atoms with Crippen LogP contribution in [0.3, 0.4) is 0 Å². The van der Waals surface area contributed by atoms with E-state index in [1.54, 1.807) is 25.1 Å². The topological polar surface area (TPSA) is 132 Å². The fourth-order valence-electron chi connectivity index (χ4n) is 2.78. The minimum atomic E-state index is -0.850. The summed E-state index contributed by atoms with van der Waals surface area (Å²) in [6.07, 6.45) is 0. The summed E-state index contributed by atoms with van der Waals surface area (Å²) in [5.74, 6) is -0.545. The normalized spacial score (nSPS) is 11.5. The van der Waals surface area contributed by atoms with Gasteiger partial charge in [-0.25, -0.2) is 4.79 Å². The second-order valence-corrected chi connectivity index (χ2v) is 7.05. The van der Waals surface area contributed by atoms with E-state index in [4.69, 9.17) is 10.5 Å². The maximum absolute atomic E-state index is 12.3. The first-order chi connectivity index (χ1) is 14.8. The fraction of sp³-hybridized carbons (Fsp3) is 0.227. The smallest absolute Gasteiger partial charge is 0.328 e. The predicted octanol–water partition coefficient (Wildman–Crippen LogP) is 2.68. The third-order valence-corrected chi connectivity index (χ3v) is 4.42. The highest BCUT2D eigenvalue weighted by Gasteiger charge is 2.19. The van der Waals surface area contributed by atoms with E-state index in [1.807, 2.05) is 44.2 Å². The number of benzene rings is 2. The van der Waals surface area contributed by atoms with Crippen molar-refractivity contribution in [2.24, 2.45) is 0 Å². The number of nitrogen functional groups attached to an aromatic ring is 1. The summed E-state index contributed by atoms with van der Waals surface area (Å²) in [6, 6.07) is 13.9. The van der Waals surface area contributed by atoms with Gasteiger partial charge in [0.15, 0.2) is 12.4 Å². The minimum absolute atomic E-state index is 0.00191. The van der Waals surface area contributed by atoms with E-state index in [2.05, 4.69) is 25.6 Å². The average molecular weight is 420 g/mol. The second-order valence-electron chi connectivity index (χ2n) is 7.05. The summed E-state index contributed by atoms with van der Waals surface area (Å²) in [5, 5.41) is 5.69. The molecule has 0 radical (unpaired) electrons. The van der Waals surface area contributed by atoms with Crippen molar-refractivity contribution in [1.29, 1.82) is 0 Å². The third kappa shape index (κ3) is 5.99. The molecular formula is C22H24N6O3. The molecule has 0 fully saturated rings. The highest BCUT2D eigenvalue weighted by molar-refractivity contribution is 5.96. The van der Waals surface area contributed by atoms with Gasteiger partial charge in [-0.05, 0) is 44.5 Å². The number of nitrogens with two attached hydrogens (primary N) is 1. The van der Waals surface area contributed by atoms with Crippen LogP contribution >= 0.6 is 0 Å². The van der Waals surface area contributed by atoms with Crippen molar-refractivity contribution in [2.75, 3.05) is 11.1 Å². The van der Waals surface area contributed by atoms with Gasteiger partial charge >= 0.3 is 5.97 Å². The molecule has 3 aromatic rings. The summed E-state index contributed by atoms with van der Waals surface area (Å²) >= 11 is 0. The molecule has 0 saturated heterocycles. The van der Waals surface area contributed by atoms with Gasteiger partial charge in [0.25, 0.3) is 5.91 Å². The van der Waals surface area contributed by atoms with Gasteiger partial charge in [0, 0.05) is 11.3 Å². The van der Waals surface area contributed by atoms with Crippen LogP contribution in [0.25, 0.3) is 0 Å². The first-order valence-corrected chi connectivity index (χ1v) is 9.69. The van der Waals surface area contributed by atoms with Crippen LogP contribution in [-0.2, 0) is 16.1 Å². The van der Waals surface area contributed by atoms with Crippen LogP contribution in [-0.4, -0.2) is 32.9 Å². The first kappa shape index (κ1) is 21.7. The van der Waals surface area contributed by atoms with Crippen LogP contribution in [0.5, 0.6) is 0 Å². The number of carbonyl (C=O) groups excluding carboxylic acids is 2. The molecule has 0 aliphatic carbocycles. The van der Waals surface area contributed by atoms with E-state index in [0.717, 1.165) is 16.8 Å². The minimum Gasteiger partial charge on any atom is -0.456 e. The summed E-state index contributed by atoms with van der Waals surface area (Å²) in [5.41, 5.74) is 9.01. The number of anilines is 3. The second kappa shape index (κ2) is 9.66. The standard InChI is InChI=1S/C22H24N6O3/c1-13-7-6-9-16(11-13)19(29)24-15(3)20(30)31-12-18-26-21(23)28-22(27-18)25-17-10-5-4-8-14(17)2/h4-11,15H,12H2,1-3H3,(H,24,29)(H3,23,25,26,27,28)/t15-/m1/s1. The van der Waals surface area contributed by atoms with Gasteiger partial charge < -0.3 is 21.1 Å². The largest absolute Gasteiger partial charge is 0.456 e. The number of para-hydroxylation sites is 1. The molecule has 9 heteroatoms. The molecule has 4 N–H and O–H groups in total. The van der Waals surface area contributed by atoms with Gasteiger partial charge in [-0.2, -0.15) is 15.0 Å². The number of ether oxygens (including phenoxy) is 1. The van der Waals surface area contributed by atoms with E-state index < -0.39 is 12.0 Å². The summed E-state index contributed by atoms with van der Waals surface area (Å²) in [7, 11) is 0. The van der Waals surface area contributed by atoms with Crippen LogP contribution in [0.1, 0.15) is 34.2 Å². The molecule has 31 heavy (non-hydrogen) atoms. The van der Waals surface area contributed by atoms with Crippen molar-refractivity contribution in [3.8, 4) is 0 Å². The molecule has 0 unspecified atom stereocenters. The molecule has 1 heterocycles. The Morgan fingerprint density at radius 2 is 1.84 bits per heavy atom. The molecule has 0 spiro atoms. The lowest BCUT2D eigenvalue weighted by Gasteiger charge is -2.14. The molecule has 0 saturated carbocycles. The lowest BCUT2D eigenvalue weighted by atomic mass is 10.1. The maximum atomic E-state index is 12.3. The molecule has 0 bridgehead atoms. The first-order valence-electron chi connectivity index (χ1n) is 9.69. The van der Waals surface area contributed by atoms with Crippen molar-refractivity contribution in [2.45, 2.75) is 33.4 Å². The maximum Gasteiger partial charge on any atom is 0.328 e. The Kier molecular flexibility index (Phi) is 6.76. The Labute approximate surface area is 180 Å². The van der Waals surface area contributed by atoms with Crippen molar-refractivity contribution in [3.63, 3.8) is 0 Å². The zero-order valence-corrected chi connectivity index (χ0v) is 17.5. The lowest BCUT2D eigenvalue weighted by Crippen LogP contribution is -2.39. The van der Waals surface area contributed by atoms with E-state index >= 15 is 0 Å². The molecule has 1 amide bonds. The third-order valence-electron chi connectivity index (χ3n) is 4.42. The van der Waals surface area contributed by atoms with Crippen molar-refractivity contribution in [3.05, 3.63) is 71.0 Å². The van der Waals surface area contributed by atoms with Gasteiger partial charge in [0.1, 0.15) is 6.04 Å². The number of hydrogen-bond acceptors (Lipinski definition) is 8. The molecule has 1 aromatic heterocycles. The quantitative estimate of drug-likeness (QED) is 0.497. The Morgan fingerprint density at radius 1 is 1.06 bits per heavy atom. The average Bonchev–Trinajstić information content (AvgIpc) is 2.73. The highest BCUT2D eigenvalue weighted by Crippen LogP contribution is 2.18. The fourth-order valence-corrected chi connectivity index (χ4v) is 2.78. The highest BCUT2D eigenvalue weighted by atomic mass is 16.5. The molecule has 1 atom stereocenters. The number of esters is 1. The van der Waals surface area contributed by atoms with Gasteiger partial charge in [0.05, 0.1) is 0 Å². The molecule has 3 rings (SSSR count).